The summed E-state index contributed by atoms with van der Waals surface area (Å²) in [5.74, 6) is 0.770. The minimum atomic E-state index is 0.644. The van der Waals surface area contributed by atoms with Crippen molar-refractivity contribution in [1.82, 2.24) is 10.2 Å². The van der Waals surface area contributed by atoms with Crippen molar-refractivity contribution in [3.8, 4) is 0 Å². The van der Waals surface area contributed by atoms with E-state index in [0.717, 1.165) is 25.7 Å². The molecule has 0 bridgehead atoms. The molecular formula is C12H24N2O. The van der Waals surface area contributed by atoms with Crippen molar-refractivity contribution in [2.45, 2.75) is 38.8 Å². The van der Waals surface area contributed by atoms with Crippen LogP contribution < -0.4 is 5.32 Å². The smallest absolute Gasteiger partial charge is 0.0506 e. The van der Waals surface area contributed by atoms with Gasteiger partial charge in [-0.25, -0.2) is 0 Å². The summed E-state index contributed by atoms with van der Waals surface area (Å²) in [6.45, 7) is 10.1. The normalized spacial score (nSPS) is 39.2. The Morgan fingerprint density at radius 2 is 2.27 bits per heavy atom. The Balaban J connectivity index is 1.80. The van der Waals surface area contributed by atoms with E-state index in [4.69, 9.17) is 4.74 Å². The molecule has 1 N–H and O–H groups in total. The highest BCUT2D eigenvalue weighted by Crippen LogP contribution is 2.17. The molecule has 0 radical (unpaired) electrons. The second kappa shape index (κ2) is 5.28. The summed E-state index contributed by atoms with van der Waals surface area (Å²) >= 11 is 0. The fraction of sp³-hybridized carbons (Fsp3) is 1.00. The van der Waals surface area contributed by atoms with Crippen LogP contribution in [0.2, 0.25) is 0 Å². The fourth-order valence-corrected chi connectivity index (χ4v) is 2.63. The molecule has 3 unspecified atom stereocenters. The van der Waals surface area contributed by atoms with E-state index in [-0.39, 0.29) is 0 Å². The fourth-order valence-electron chi connectivity index (χ4n) is 2.63. The number of piperazine rings is 1. The predicted molar refractivity (Wildman–Crippen MR) is 62.0 cm³/mol. The summed E-state index contributed by atoms with van der Waals surface area (Å²) in [7, 11) is 0. The molecule has 3 atom stereocenters. The van der Waals surface area contributed by atoms with Crippen LogP contribution in [-0.4, -0.2) is 49.8 Å². The lowest BCUT2D eigenvalue weighted by Crippen LogP contribution is -2.55. The Hall–Kier alpha value is -0.120. The molecular weight excluding hydrogens is 188 g/mol. The van der Waals surface area contributed by atoms with Gasteiger partial charge in [-0.1, -0.05) is 0 Å². The maximum Gasteiger partial charge on any atom is 0.0506 e. The molecule has 2 rings (SSSR count). The Morgan fingerprint density at radius 1 is 1.40 bits per heavy atom. The Kier molecular flexibility index (Phi) is 4.00. The Bertz CT molecular complexity index is 192. The molecule has 15 heavy (non-hydrogen) atoms. The minimum Gasteiger partial charge on any atom is -0.381 e. The van der Waals surface area contributed by atoms with Crippen LogP contribution in [0.1, 0.15) is 26.7 Å². The molecule has 0 aromatic carbocycles. The van der Waals surface area contributed by atoms with Gasteiger partial charge >= 0.3 is 0 Å². The molecule has 0 spiro atoms. The summed E-state index contributed by atoms with van der Waals surface area (Å²) in [5, 5.41) is 3.53. The highest BCUT2D eigenvalue weighted by atomic mass is 16.5. The molecule has 2 heterocycles. The van der Waals surface area contributed by atoms with Gasteiger partial charge in [-0.3, -0.25) is 4.90 Å². The number of ether oxygens (including phenoxy) is 1. The standard InChI is InChI=1S/C12H24N2O/c1-10-7-14(11(2)6-13-10)8-12-4-3-5-15-9-12/h10-13H,3-9H2,1-2H3. The van der Waals surface area contributed by atoms with Gasteiger partial charge in [-0.15, -0.1) is 0 Å². The lowest BCUT2D eigenvalue weighted by Gasteiger charge is -2.40. The maximum absolute atomic E-state index is 5.54. The van der Waals surface area contributed by atoms with E-state index in [9.17, 15) is 0 Å². The third-order valence-electron chi connectivity index (χ3n) is 3.64. The molecule has 0 aromatic heterocycles. The Labute approximate surface area is 93.2 Å². The molecule has 3 nitrogen and oxygen atoms in total. The quantitative estimate of drug-likeness (QED) is 0.742. The van der Waals surface area contributed by atoms with Crippen molar-refractivity contribution in [3.63, 3.8) is 0 Å². The van der Waals surface area contributed by atoms with E-state index in [2.05, 4.69) is 24.1 Å². The van der Waals surface area contributed by atoms with Gasteiger partial charge < -0.3 is 10.1 Å². The zero-order chi connectivity index (χ0) is 10.7. The first-order valence-corrected chi connectivity index (χ1v) is 6.31. The lowest BCUT2D eigenvalue weighted by molar-refractivity contribution is 0.0250. The van der Waals surface area contributed by atoms with Crippen molar-refractivity contribution in [3.05, 3.63) is 0 Å². The van der Waals surface area contributed by atoms with Crippen molar-refractivity contribution in [2.75, 3.05) is 32.8 Å². The first-order valence-electron chi connectivity index (χ1n) is 6.31. The van der Waals surface area contributed by atoms with E-state index >= 15 is 0 Å². The lowest BCUT2D eigenvalue weighted by atomic mass is 10.00. The molecule has 2 aliphatic heterocycles. The van der Waals surface area contributed by atoms with Gasteiger partial charge in [0.05, 0.1) is 6.61 Å². The molecule has 2 saturated heterocycles. The average molecular weight is 212 g/mol. The third kappa shape index (κ3) is 3.16. The topological polar surface area (TPSA) is 24.5 Å². The van der Waals surface area contributed by atoms with Crippen LogP contribution in [0.15, 0.2) is 0 Å². The number of nitrogens with one attached hydrogen (secondary N) is 1. The predicted octanol–water partition coefficient (Wildman–Crippen LogP) is 1.10. The summed E-state index contributed by atoms with van der Waals surface area (Å²) in [6, 6.07) is 1.33. The summed E-state index contributed by atoms with van der Waals surface area (Å²) in [6.07, 6.45) is 2.60. The van der Waals surface area contributed by atoms with Gasteiger partial charge in [0.25, 0.3) is 0 Å². The van der Waals surface area contributed by atoms with Crippen LogP contribution in [0.25, 0.3) is 0 Å². The third-order valence-corrected chi connectivity index (χ3v) is 3.64. The molecule has 3 heteroatoms. The first-order chi connectivity index (χ1) is 7.25. The van der Waals surface area contributed by atoms with Crippen LogP contribution in [0.3, 0.4) is 0 Å². The molecule has 2 fully saturated rings. The number of hydrogen-bond donors (Lipinski definition) is 1. The van der Waals surface area contributed by atoms with Gasteiger partial charge in [-0.05, 0) is 32.6 Å². The van der Waals surface area contributed by atoms with Crippen LogP contribution in [0.5, 0.6) is 0 Å². The second-order valence-electron chi connectivity index (χ2n) is 5.20. The second-order valence-corrected chi connectivity index (χ2v) is 5.20. The van der Waals surface area contributed by atoms with Crippen LogP contribution in [0, 0.1) is 5.92 Å². The summed E-state index contributed by atoms with van der Waals surface area (Å²) in [4.78, 5) is 2.63. The van der Waals surface area contributed by atoms with E-state index in [1.165, 1.54) is 25.9 Å². The van der Waals surface area contributed by atoms with E-state index in [1.54, 1.807) is 0 Å². The highest BCUT2D eigenvalue weighted by molar-refractivity contribution is 4.83. The van der Waals surface area contributed by atoms with Crippen molar-refractivity contribution in [1.29, 1.82) is 0 Å². The maximum atomic E-state index is 5.54. The molecule has 0 amide bonds. The van der Waals surface area contributed by atoms with Gasteiger partial charge in [0.1, 0.15) is 0 Å². The van der Waals surface area contributed by atoms with Gasteiger partial charge in [0, 0.05) is 38.3 Å². The minimum absolute atomic E-state index is 0.644. The largest absolute Gasteiger partial charge is 0.381 e. The number of hydrogen-bond acceptors (Lipinski definition) is 3. The summed E-state index contributed by atoms with van der Waals surface area (Å²) < 4.78 is 5.54. The highest BCUT2D eigenvalue weighted by Gasteiger charge is 2.25. The molecule has 88 valence electrons. The van der Waals surface area contributed by atoms with E-state index in [1.807, 2.05) is 0 Å². The summed E-state index contributed by atoms with van der Waals surface area (Å²) in [5.41, 5.74) is 0. The zero-order valence-electron chi connectivity index (χ0n) is 10.0. The SMILES string of the molecule is CC1CN(CC2CCCOC2)C(C)CN1. The average Bonchev–Trinajstić information content (AvgIpc) is 2.25. The van der Waals surface area contributed by atoms with Crippen molar-refractivity contribution in [2.24, 2.45) is 5.92 Å². The number of nitrogens with zero attached hydrogens (tertiary/aromatic N) is 1. The van der Waals surface area contributed by atoms with Crippen molar-refractivity contribution >= 4 is 0 Å². The van der Waals surface area contributed by atoms with Crippen LogP contribution >= 0.6 is 0 Å². The molecule has 0 aromatic rings. The molecule has 2 aliphatic rings. The van der Waals surface area contributed by atoms with Crippen molar-refractivity contribution < 1.29 is 4.74 Å². The van der Waals surface area contributed by atoms with E-state index < -0.39 is 0 Å². The van der Waals surface area contributed by atoms with Gasteiger partial charge in [0.2, 0.25) is 0 Å². The monoisotopic (exact) mass is 212 g/mol. The zero-order valence-corrected chi connectivity index (χ0v) is 10.0. The van der Waals surface area contributed by atoms with Crippen LogP contribution in [-0.2, 0) is 4.74 Å². The first kappa shape index (κ1) is 11.4. The van der Waals surface area contributed by atoms with E-state index in [0.29, 0.717) is 12.1 Å². The van der Waals surface area contributed by atoms with Gasteiger partial charge in [-0.2, -0.15) is 0 Å². The van der Waals surface area contributed by atoms with Gasteiger partial charge in [0.15, 0.2) is 0 Å². The van der Waals surface area contributed by atoms with Crippen LogP contribution in [0.4, 0.5) is 0 Å². The molecule has 0 aliphatic carbocycles. The Morgan fingerprint density at radius 3 is 3.00 bits per heavy atom. The number of rotatable bonds is 2. The molecule has 0 saturated carbocycles.